The minimum atomic E-state index is -0.487. The molecule has 1 saturated carbocycles. The summed E-state index contributed by atoms with van der Waals surface area (Å²) in [4.78, 5) is 24.8. The van der Waals surface area contributed by atoms with Crippen molar-refractivity contribution in [1.29, 1.82) is 0 Å². The van der Waals surface area contributed by atoms with Crippen molar-refractivity contribution >= 4 is 11.8 Å². The maximum Gasteiger partial charge on any atom is 0.251 e. The molecule has 2 rings (SSSR count). The van der Waals surface area contributed by atoms with E-state index in [4.69, 9.17) is 0 Å². The van der Waals surface area contributed by atoms with E-state index in [-0.39, 0.29) is 23.8 Å². The third kappa shape index (κ3) is 4.33. The highest BCUT2D eigenvalue weighted by Crippen LogP contribution is 2.32. The van der Waals surface area contributed by atoms with Gasteiger partial charge in [-0.3, -0.25) is 9.59 Å². The Balaban J connectivity index is 2.02. The first-order chi connectivity index (χ1) is 10.5. The van der Waals surface area contributed by atoms with Crippen LogP contribution in [0.2, 0.25) is 0 Å². The summed E-state index contributed by atoms with van der Waals surface area (Å²) in [7, 11) is 0. The Morgan fingerprint density at radius 2 is 1.77 bits per heavy atom. The zero-order chi connectivity index (χ0) is 16.1. The Morgan fingerprint density at radius 1 is 1.14 bits per heavy atom. The predicted octanol–water partition coefficient (Wildman–Crippen LogP) is 2.75. The second-order valence-corrected chi connectivity index (χ2v) is 6.34. The van der Waals surface area contributed by atoms with Crippen LogP contribution in [0.1, 0.15) is 50.4 Å². The highest BCUT2D eigenvalue weighted by atomic mass is 16.2. The van der Waals surface area contributed by atoms with Crippen molar-refractivity contribution in [1.82, 2.24) is 10.6 Å². The summed E-state index contributed by atoms with van der Waals surface area (Å²) >= 11 is 0. The number of carbonyl (C=O) groups is 2. The summed E-state index contributed by atoms with van der Waals surface area (Å²) in [6.45, 7) is 6.07. The molecular weight excluding hydrogens is 276 g/mol. The van der Waals surface area contributed by atoms with Gasteiger partial charge in [0.2, 0.25) is 5.91 Å². The fourth-order valence-electron chi connectivity index (χ4n) is 2.54. The van der Waals surface area contributed by atoms with Crippen LogP contribution in [0.4, 0.5) is 0 Å². The van der Waals surface area contributed by atoms with Crippen LogP contribution in [0.15, 0.2) is 30.3 Å². The lowest BCUT2D eigenvalue weighted by molar-refractivity contribution is -0.124. The van der Waals surface area contributed by atoms with Crippen LogP contribution in [-0.4, -0.2) is 23.9 Å². The van der Waals surface area contributed by atoms with Gasteiger partial charge in [-0.2, -0.15) is 0 Å². The van der Waals surface area contributed by atoms with Gasteiger partial charge < -0.3 is 10.6 Å². The number of nitrogens with one attached hydrogen (secondary N) is 2. The molecule has 22 heavy (non-hydrogen) atoms. The highest BCUT2D eigenvalue weighted by molar-refractivity contribution is 5.97. The van der Waals surface area contributed by atoms with Gasteiger partial charge in [0.1, 0.15) is 6.04 Å². The molecule has 1 aliphatic carbocycles. The lowest BCUT2D eigenvalue weighted by atomic mass is 9.97. The van der Waals surface area contributed by atoms with E-state index < -0.39 is 6.04 Å². The number of amides is 2. The quantitative estimate of drug-likeness (QED) is 0.813. The van der Waals surface area contributed by atoms with Gasteiger partial charge in [0.05, 0.1) is 0 Å². The van der Waals surface area contributed by atoms with Crippen LogP contribution >= 0.6 is 0 Å². The van der Waals surface area contributed by atoms with Crippen LogP contribution in [0.5, 0.6) is 0 Å². The number of benzene rings is 1. The summed E-state index contributed by atoms with van der Waals surface area (Å²) in [6.07, 6.45) is 3.21. The normalized spacial score (nSPS) is 18.1. The third-order valence-electron chi connectivity index (χ3n) is 4.52. The summed E-state index contributed by atoms with van der Waals surface area (Å²) in [6, 6.07) is 8.73. The van der Waals surface area contributed by atoms with Gasteiger partial charge >= 0.3 is 0 Å². The SMILES string of the molecule is CC[C@H](C)[C@H](NC(=O)c1ccccc1)C(=O)N[C@H](C)C1CC1. The number of carbonyl (C=O) groups excluding carboxylic acids is 2. The second-order valence-electron chi connectivity index (χ2n) is 6.34. The Kier molecular flexibility index (Phi) is 5.58. The van der Waals surface area contributed by atoms with E-state index in [0.717, 1.165) is 6.42 Å². The lowest BCUT2D eigenvalue weighted by Gasteiger charge is -2.25. The predicted molar refractivity (Wildman–Crippen MR) is 87.5 cm³/mol. The first kappa shape index (κ1) is 16.5. The van der Waals surface area contributed by atoms with Crippen molar-refractivity contribution in [3.63, 3.8) is 0 Å². The van der Waals surface area contributed by atoms with Crippen LogP contribution in [0.25, 0.3) is 0 Å². The number of rotatable bonds is 7. The summed E-state index contributed by atoms with van der Waals surface area (Å²) < 4.78 is 0. The van der Waals surface area contributed by atoms with Gasteiger partial charge in [-0.05, 0) is 43.7 Å². The Morgan fingerprint density at radius 3 is 2.32 bits per heavy atom. The molecule has 0 heterocycles. The standard InChI is InChI=1S/C18H26N2O2/c1-4-12(2)16(18(22)19-13(3)14-10-11-14)20-17(21)15-8-6-5-7-9-15/h5-9,12-14,16H,4,10-11H2,1-3H3,(H,19,22)(H,20,21)/t12-,13+,16-/m0/s1. The lowest BCUT2D eigenvalue weighted by Crippen LogP contribution is -2.52. The molecule has 2 amide bonds. The monoisotopic (exact) mass is 302 g/mol. The van der Waals surface area contributed by atoms with E-state index in [1.807, 2.05) is 39.0 Å². The molecule has 4 heteroatoms. The zero-order valence-electron chi connectivity index (χ0n) is 13.6. The van der Waals surface area contributed by atoms with Gasteiger partial charge in [-0.15, -0.1) is 0 Å². The molecule has 0 unspecified atom stereocenters. The highest BCUT2D eigenvalue weighted by Gasteiger charge is 2.32. The van der Waals surface area contributed by atoms with Crippen LogP contribution in [-0.2, 0) is 4.79 Å². The zero-order valence-corrected chi connectivity index (χ0v) is 13.6. The Hall–Kier alpha value is -1.84. The smallest absolute Gasteiger partial charge is 0.251 e. The van der Waals surface area contributed by atoms with Gasteiger partial charge in [-0.1, -0.05) is 38.5 Å². The number of hydrogen-bond acceptors (Lipinski definition) is 2. The summed E-state index contributed by atoms with van der Waals surface area (Å²) in [5.41, 5.74) is 0.582. The van der Waals surface area contributed by atoms with E-state index in [1.165, 1.54) is 12.8 Å². The molecule has 0 aliphatic heterocycles. The van der Waals surface area contributed by atoms with E-state index in [2.05, 4.69) is 10.6 Å². The van der Waals surface area contributed by atoms with Crippen molar-refractivity contribution in [3.05, 3.63) is 35.9 Å². The molecule has 1 aromatic carbocycles. The van der Waals surface area contributed by atoms with Gasteiger partial charge in [0, 0.05) is 11.6 Å². The van der Waals surface area contributed by atoms with E-state index >= 15 is 0 Å². The topological polar surface area (TPSA) is 58.2 Å². The van der Waals surface area contributed by atoms with E-state index in [9.17, 15) is 9.59 Å². The first-order valence-corrected chi connectivity index (χ1v) is 8.19. The van der Waals surface area contributed by atoms with Crippen LogP contribution in [0, 0.1) is 11.8 Å². The van der Waals surface area contributed by atoms with Crippen molar-refractivity contribution < 1.29 is 9.59 Å². The summed E-state index contributed by atoms with van der Waals surface area (Å²) in [5.74, 6) is 0.434. The van der Waals surface area contributed by atoms with Crippen molar-refractivity contribution in [2.45, 2.75) is 52.1 Å². The van der Waals surface area contributed by atoms with Crippen LogP contribution < -0.4 is 10.6 Å². The average molecular weight is 302 g/mol. The summed E-state index contributed by atoms with van der Waals surface area (Å²) in [5, 5.41) is 5.96. The second kappa shape index (κ2) is 7.43. The molecule has 120 valence electrons. The van der Waals surface area contributed by atoms with Crippen LogP contribution in [0.3, 0.4) is 0 Å². The molecule has 1 aliphatic rings. The fraction of sp³-hybridized carbons (Fsp3) is 0.556. The first-order valence-electron chi connectivity index (χ1n) is 8.19. The minimum Gasteiger partial charge on any atom is -0.352 e. The molecule has 2 N–H and O–H groups in total. The molecular formula is C18H26N2O2. The van der Waals surface area contributed by atoms with Gasteiger partial charge in [-0.25, -0.2) is 0 Å². The van der Waals surface area contributed by atoms with E-state index in [0.29, 0.717) is 11.5 Å². The largest absolute Gasteiger partial charge is 0.352 e. The molecule has 0 radical (unpaired) electrons. The maximum absolute atomic E-state index is 12.5. The molecule has 1 aromatic rings. The molecule has 0 bridgehead atoms. The van der Waals surface area contributed by atoms with E-state index in [1.54, 1.807) is 12.1 Å². The third-order valence-corrected chi connectivity index (χ3v) is 4.52. The molecule has 1 fully saturated rings. The fourth-order valence-corrected chi connectivity index (χ4v) is 2.54. The Labute approximate surface area is 132 Å². The molecule has 4 nitrogen and oxygen atoms in total. The maximum atomic E-state index is 12.5. The van der Waals surface area contributed by atoms with Crippen molar-refractivity contribution in [2.24, 2.45) is 11.8 Å². The van der Waals surface area contributed by atoms with Gasteiger partial charge in [0.25, 0.3) is 5.91 Å². The van der Waals surface area contributed by atoms with Crippen molar-refractivity contribution in [3.8, 4) is 0 Å². The number of hydrogen-bond donors (Lipinski definition) is 2. The Bertz CT molecular complexity index is 511. The van der Waals surface area contributed by atoms with Gasteiger partial charge in [0.15, 0.2) is 0 Å². The molecule has 0 saturated heterocycles. The average Bonchev–Trinajstić information content (AvgIpc) is 3.37. The molecule has 0 spiro atoms. The van der Waals surface area contributed by atoms with Crippen molar-refractivity contribution in [2.75, 3.05) is 0 Å². The molecule has 0 aromatic heterocycles. The molecule has 3 atom stereocenters. The minimum absolute atomic E-state index is 0.0713.